The van der Waals surface area contributed by atoms with E-state index < -0.39 is 0 Å². The molecule has 0 aromatic carbocycles. The van der Waals surface area contributed by atoms with Crippen molar-refractivity contribution in [3.63, 3.8) is 0 Å². The van der Waals surface area contributed by atoms with E-state index in [-0.39, 0.29) is 0 Å². The lowest BCUT2D eigenvalue weighted by atomic mass is 9.80. The van der Waals surface area contributed by atoms with E-state index in [9.17, 15) is 0 Å². The van der Waals surface area contributed by atoms with Gasteiger partial charge in [-0.3, -0.25) is 0 Å². The quantitative estimate of drug-likeness (QED) is 0.625. The predicted molar refractivity (Wildman–Crippen MR) is 70.7 cm³/mol. The number of hydrogen-bond donors (Lipinski definition) is 1. The van der Waals surface area contributed by atoms with Gasteiger partial charge in [0.05, 0.1) is 6.33 Å². The molecule has 0 amide bonds. The molecule has 17 heavy (non-hydrogen) atoms. The summed E-state index contributed by atoms with van der Waals surface area (Å²) in [6, 6.07) is 0. The van der Waals surface area contributed by atoms with Crippen molar-refractivity contribution >= 4 is 0 Å². The van der Waals surface area contributed by atoms with Gasteiger partial charge in [-0.2, -0.15) is 0 Å². The Hall–Kier alpha value is -1.09. The maximum absolute atomic E-state index is 4.04. The Morgan fingerprint density at radius 2 is 2.41 bits per heavy atom. The molecule has 1 N–H and O–H groups in total. The Kier molecular flexibility index (Phi) is 4.37. The van der Waals surface area contributed by atoms with Crippen molar-refractivity contribution in [3.05, 3.63) is 30.4 Å². The van der Waals surface area contributed by atoms with E-state index in [0.29, 0.717) is 0 Å². The highest BCUT2D eigenvalue weighted by Crippen LogP contribution is 2.29. The van der Waals surface area contributed by atoms with E-state index in [1.54, 1.807) is 5.57 Å². The minimum Gasteiger partial charge on any atom is -0.336 e. The fourth-order valence-electron chi connectivity index (χ4n) is 2.62. The summed E-state index contributed by atoms with van der Waals surface area (Å²) >= 11 is 0. The lowest BCUT2D eigenvalue weighted by Gasteiger charge is -2.29. The molecule has 3 heteroatoms. The first-order valence-electron chi connectivity index (χ1n) is 6.60. The van der Waals surface area contributed by atoms with E-state index in [0.717, 1.165) is 31.5 Å². The van der Waals surface area contributed by atoms with Crippen molar-refractivity contribution in [3.8, 4) is 0 Å². The molecular formula is C14H23N3. The van der Waals surface area contributed by atoms with Gasteiger partial charge in [-0.05, 0) is 31.6 Å². The van der Waals surface area contributed by atoms with Crippen LogP contribution in [0.4, 0.5) is 0 Å². The predicted octanol–water partition coefficient (Wildman–Crippen LogP) is 2.47. The summed E-state index contributed by atoms with van der Waals surface area (Å²) in [5, 5.41) is 3.56. The third-order valence-electron chi connectivity index (χ3n) is 3.83. The molecule has 94 valence electrons. The van der Waals surface area contributed by atoms with Gasteiger partial charge in [0.25, 0.3) is 0 Å². The van der Waals surface area contributed by atoms with Gasteiger partial charge in [-0.15, -0.1) is 0 Å². The summed E-state index contributed by atoms with van der Waals surface area (Å²) in [5.74, 6) is 1.55. The van der Waals surface area contributed by atoms with Crippen molar-refractivity contribution in [2.45, 2.75) is 33.2 Å². The van der Waals surface area contributed by atoms with Crippen LogP contribution in [-0.4, -0.2) is 22.6 Å². The Balaban J connectivity index is 1.71. The zero-order chi connectivity index (χ0) is 12.1. The van der Waals surface area contributed by atoms with Crippen LogP contribution in [0.2, 0.25) is 0 Å². The van der Waals surface area contributed by atoms with E-state index in [2.05, 4.69) is 34.8 Å². The average molecular weight is 233 g/mol. The first kappa shape index (κ1) is 12.4. The first-order valence-corrected chi connectivity index (χ1v) is 6.60. The fraction of sp³-hybridized carbons (Fsp3) is 0.643. The van der Waals surface area contributed by atoms with E-state index in [1.807, 2.05) is 18.7 Å². The van der Waals surface area contributed by atoms with Crippen LogP contribution in [-0.2, 0) is 6.54 Å². The maximum Gasteiger partial charge on any atom is 0.0946 e. The summed E-state index contributed by atoms with van der Waals surface area (Å²) in [4.78, 5) is 4.04. The lowest BCUT2D eigenvalue weighted by molar-refractivity contribution is 0.348. The number of nitrogens with zero attached hydrogens (tertiary/aromatic N) is 2. The van der Waals surface area contributed by atoms with Crippen LogP contribution < -0.4 is 5.32 Å². The molecule has 1 aromatic heterocycles. The van der Waals surface area contributed by atoms with Gasteiger partial charge in [0, 0.05) is 32.0 Å². The average Bonchev–Trinajstić information content (AvgIpc) is 2.80. The van der Waals surface area contributed by atoms with Crippen LogP contribution in [0.1, 0.15) is 26.7 Å². The topological polar surface area (TPSA) is 29.9 Å². The Bertz CT molecular complexity index is 354. The molecule has 1 aliphatic rings. The molecule has 1 heterocycles. The highest BCUT2D eigenvalue weighted by Gasteiger charge is 2.21. The Morgan fingerprint density at radius 1 is 1.53 bits per heavy atom. The number of aromatic nitrogens is 2. The van der Waals surface area contributed by atoms with Crippen LogP contribution in [0.25, 0.3) is 0 Å². The Labute approximate surface area is 104 Å². The smallest absolute Gasteiger partial charge is 0.0946 e. The van der Waals surface area contributed by atoms with Gasteiger partial charge in [0.15, 0.2) is 0 Å². The van der Waals surface area contributed by atoms with E-state index in [4.69, 9.17) is 0 Å². The molecule has 0 bridgehead atoms. The standard InChI is InChI=1S/C14H23N3/c1-12-4-3-5-13(2)14(12)10-15-6-8-17-9-7-16-11-17/h4,7,9,11,13-15H,3,5-6,8,10H2,1-2H3/t13-,14+/m0/s1. The number of nitrogens with one attached hydrogen (secondary N) is 1. The Morgan fingerprint density at radius 3 is 3.12 bits per heavy atom. The number of allylic oxidation sites excluding steroid dienone is 1. The van der Waals surface area contributed by atoms with E-state index >= 15 is 0 Å². The molecule has 0 radical (unpaired) electrons. The van der Waals surface area contributed by atoms with Crippen LogP contribution >= 0.6 is 0 Å². The lowest BCUT2D eigenvalue weighted by Crippen LogP contribution is -2.31. The first-order chi connectivity index (χ1) is 8.27. The van der Waals surface area contributed by atoms with Gasteiger partial charge in [0.2, 0.25) is 0 Å². The SMILES string of the molecule is CC1=CCC[C@H](C)[C@@H]1CNCCn1ccnc1. The minimum absolute atomic E-state index is 0.728. The third-order valence-corrected chi connectivity index (χ3v) is 3.83. The van der Waals surface area contributed by atoms with Crippen LogP contribution in [0.5, 0.6) is 0 Å². The molecule has 0 spiro atoms. The van der Waals surface area contributed by atoms with Crippen LogP contribution in [0.3, 0.4) is 0 Å². The van der Waals surface area contributed by atoms with Crippen molar-refractivity contribution in [1.29, 1.82) is 0 Å². The number of hydrogen-bond acceptors (Lipinski definition) is 2. The van der Waals surface area contributed by atoms with Crippen molar-refractivity contribution in [2.24, 2.45) is 11.8 Å². The molecule has 0 saturated heterocycles. The van der Waals surface area contributed by atoms with Gasteiger partial charge < -0.3 is 9.88 Å². The zero-order valence-electron chi connectivity index (χ0n) is 10.9. The molecule has 1 aliphatic carbocycles. The van der Waals surface area contributed by atoms with Crippen molar-refractivity contribution in [2.75, 3.05) is 13.1 Å². The second kappa shape index (κ2) is 6.01. The molecule has 3 nitrogen and oxygen atoms in total. The highest BCUT2D eigenvalue weighted by atomic mass is 15.0. The van der Waals surface area contributed by atoms with Gasteiger partial charge >= 0.3 is 0 Å². The van der Waals surface area contributed by atoms with Gasteiger partial charge in [0.1, 0.15) is 0 Å². The van der Waals surface area contributed by atoms with Crippen molar-refractivity contribution in [1.82, 2.24) is 14.9 Å². The van der Waals surface area contributed by atoms with Crippen LogP contribution in [0, 0.1) is 11.8 Å². The molecule has 0 aliphatic heterocycles. The summed E-state index contributed by atoms with van der Waals surface area (Å²) in [5.41, 5.74) is 1.57. The monoisotopic (exact) mass is 233 g/mol. The van der Waals surface area contributed by atoms with Crippen LogP contribution in [0.15, 0.2) is 30.4 Å². The third kappa shape index (κ3) is 3.43. The molecule has 1 aromatic rings. The molecule has 0 unspecified atom stereocenters. The fourth-order valence-corrected chi connectivity index (χ4v) is 2.62. The molecule has 0 fully saturated rings. The van der Waals surface area contributed by atoms with Gasteiger partial charge in [-0.25, -0.2) is 4.98 Å². The minimum atomic E-state index is 0.728. The van der Waals surface area contributed by atoms with E-state index in [1.165, 1.54) is 12.8 Å². The highest BCUT2D eigenvalue weighted by molar-refractivity contribution is 5.09. The maximum atomic E-state index is 4.04. The molecule has 2 rings (SSSR count). The summed E-state index contributed by atoms with van der Waals surface area (Å²) in [7, 11) is 0. The second-order valence-electron chi connectivity index (χ2n) is 5.11. The largest absolute Gasteiger partial charge is 0.336 e. The van der Waals surface area contributed by atoms with Gasteiger partial charge in [-0.1, -0.05) is 18.6 Å². The molecule has 2 atom stereocenters. The second-order valence-corrected chi connectivity index (χ2v) is 5.11. The summed E-state index contributed by atoms with van der Waals surface area (Å²) < 4.78 is 2.11. The summed E-state index contributed by atoms with van der Waals surface area (Å²) in [6.45, 7) is 7.78. The number of imidazole rings is 1. The normalized spacial score (nSPS) is 24.7. The zero-order valence-corrected chi connectivity index (χ0v) is 10.9. The van der Waals surface area contributed by atoms with Crippen molar-refractivity contribution < 1.29 is 0 Å². The molecule has 0 saturated carbocycles. The number of rotatable bonds is 5. The summed E-state index contributed by atoms with van der Waals surface area (Å²) in [6.07, 6.45) is 10.7. The molecular weight excluding hydrogens is 210 g/mol.